The predicted octanol–water partition coefficient (Wildman–Crippen LogP) is 3.53. The minimum absolute atomic E-state index is 0.00163. The minimum atomic E-state index is -4.18. The fourth-order valence-electron chi connectivity index (χ4n) is 4.73. The number of carboxylic acids is 1. The number of fused-ring (bicyclic) bond motifs is 2. The van der Waals surface area contributed by atoms with E-state index in [-0.39, 0.29) is 29.3 Å². The number of carbonyl (C=O) groups excluding carboxylic acids is 1. The van der Waals surface area contributed by atoms with Gasteiger partial charge in [0.05, 0.1) is 22.7 Å². The van der Waals surface area contributed by atoms with Gasteiger partial charge in [-0.05, 0) is 58.7 Å². The van der Waals surface area contributed by atoms with E-state index < -0.39 is 27.9 Å². The van der Waals surface area contributed by atoms with Crippen LogP contribution in [0.4, 0.5) is 5.69 Å². The molecule has 5 rings (SSSR count). The van der Waals surface area contributed by atoms with Gasteiger partial charge in [-0.1, -0.05) is 66.7 Å². The lowest BCUT2D eigenvalue weighted by Gasteiger charge is -2.32. The summed E-state index contributed by atoms with van der Waals surface area (Å²) in [5.74, 6) is -1.95. The molecular weight excluding hydrogens is 528 g/mol. The number of sulfonamides is 1. The summed E-state index contributed by atoms with van der Waals surface area (Å²) in [6, 6.07) is 24.3. The van der Waals surface area contributed by atoms with Gasteiger partial charge in [-0.15, -0.1) is 0 Å². The zero-order valence-corrected chi connectivity index (χ0v) is 22.1. The fraction of sp³-hybridized carbons (Fsp3) is 0.100. The van der Waals surface area contributed by atoms with Crippen LogP contribution in [0.1, 0.15) is 16.7 Å². The number of amides is 1. The molecule has 0 aliphatic carbocycles. The van der Waals surface area contributed by atoms with E-state index in [1.807, 2.05) is 18.2 Å². The van der Waals surface area contributed by atoms with Crippen LogP contribution in [-0.4, -0.2) is 43.8 Å². The Morgan fingerprint density at radius 3 is 2.42 bits per heavy atom. The number of anilines is 1. The van der Waals surface area contributed by atoms with E-state index in [9.17, 15) is 23.1 Å². The first-order valence-corrected chi connectivity index (χ1v) is 13.9. The summed E-state index contributed by atoms with van der Waals surface area (Å²) in [5.41, 5.74) is 7.67. The molecule has 1 atom stereocenters. The molecule has 40 heavy (non-hydrogen) atoms. The average Bonchev–Trinajstić information content (AvgIpc) is 2.95. The molecule has 0 fully saturated rings. The maximum atomic E-state index is 14.1. The second kappa shape index (κ2) is 10.8. The smallest absolute Gasteiger partial charge is 0.333 e. The minimum Gasteiger partial charge on any atom is -0.478 e. The summed E-state index contributed by atoms with van der Waals surface area (Å²) in [6.07, 6.45) is 1.45. The van der Waals surface area contributed by atoms with Gasteiger partial charge in [-0.25, -0.2) is 13.2 Å². The summed E-state index contributed by atoms with van der Waals surface area (Å²) in [4.78, 5) is 27.2. The Kier molecular flexibility index (Phi) is 7.20. The van der Waals surface area contributed by atoms with Crippen molar-refractivity contribution in [1.29, 1.82) is 5.41 Å². The molecule has 0 saturated carbocycles. The number of nitrogens with two attached hydrogens (primary N) is 1. The lowest BCUT2D eigenvalue weighted by molar-refractivity contribution is -0.132. The van der Waals surface area contributed by atoms with Crippen molar-refractivity contribution in [2.24, 2.45) is 5.73 Å². The number of nitrogens with zero attached hydrogens (tertiary/aromatic N) is 1. The van der Waals surface area contributed by atoms with Gasteiger partial charge in [-0.3, -0.25) is 10.2 Å². The monoisotopic (exact) mass is 554 g/mol. The molecule has 0 bridgehead atoms. The van der Waals surface area contributed by atoms with Crippen molar-refractivity contribution in [2.45, 2.75) is 17.4 Å². The first-order chi connectivity index (χ1) is 19.1. The number of nitrogens with one attached hydrogen (secondary N) is 2. The van der Waals surface area contributed by atoms with Crippen molar-refractivity contribution >= 4 is 50.3 Å². The standard InChI is InChI=1S/C30H26N4O5S/c31-28(32)23-10-5-6-19(14-23)15-26(33-40(38,39)25-13-12-20-7-1-2-8-21(20)17-25)29(35)34-18-24(30(36)37)16-22-9-3-4-11-27(22)34/h1-14,16-17,26,33H,15,18H2,(H3,31,32)(H,36,37). The number of para-hydroxylation sites is 1. The second-order valence-corrected chi connectivity index (χ2v) is 11.2. The number of rotatable bonds is 8. The topological polar surface area (TPSA) is 154 Å². The quantitative estimate of drug-likeness (QED) is 0.193. The molecule has 0 aromatic heterocycles. The second-order valence-electron chi connectivity index (χ2n) is 9.46. The largest absolute Gasteiger partial charge is 0.478 e. The van der Waals surface area contributed by atoms with Gasteiger partial charge in [-0.2, -0.15) is 4.72 Å². The van der Waals surface area contributed by atoms with Crippen molar-refractivity contribution in [3.63, 3.8) is 0 Å². The van der Waals surface area contributed by atoms with Crippen molar-refractivity contribution in [1.82, 2.24) is 4.72 Å². The van der Waals surface area contributed by atoms with Crippen LogP contribution in [0, 0.1) is 5.41 Å². The average molecular weight is 555 g/mol. The van der Waals surface area contributed by atoms with Crippen LogP contribution in [0.25, 0.3) is 16.8 Å². The Morgan fingerprint density at radius 2 is 1.68 bits per heavy atom. The third-order valence-corrected chi connectivity index (χ3v) is 8.20. The summed E-state index contributed by atoms with van der Waals surface area (Å²) in [6.45, 7) is -0.229. The highest BCUT2D eigenvalue weighted by Crippen LogP contribution is 2.30. The van der Waals surface area contributed by atoms with Crippen LogP contribution >= 0.6 is 0 Å². The van der Waals surface area contributed by atoms with E-state index >= 15 is 0 Å². The van der Waals surface area contributed by atoms with E-state index in [0.717, 1.165) is 10.8 Å². The zero-order chi connectivity index (χ0) is 28.4. The molecule has 4 aromatic rings. The molecule has 0 spiro atoms. The van der Waals surface area contributed by atoms with Crippen LogP contribution in [0.15, 0.2) is 101 Å². The van der Waals surface area contributed by atoms with Crippen LogP contribution in [0.2, 0.25) is 0 Å². The molecule has 1 aliphatic heterocycles. The normalized spacial score (nSPS) is 13.8. The lowest BCUT2D eigenvalue weighted by Crippen LogP contribution is -2.51. The van der Waals surface area contributed by atoms with Crippen LogP contribution < -0.4 is 15.4 Å². The molecule has 9 nitrogen and oxygen atoms in total. The fourth-order valence-corrected chi connectivity index (χ4v) is 5.95. The highest BCUT2D eigenvalue weighted by molar-refractivity contribution is 7.89. The van der Waals surface area contributed by atoms with Crippen molar-refractivity contribution < 1.29 is 23.1 Å². The highest BCUT2D eigenvalue weighted by Gasteiger charge is 2.34. The van der Waals surface area contributed by atoms with Gasteiger partial charge in [0.2, 0.25) is 15.9 Å². The third kappa shape index (κ3) is 5.49. The molecule has 1 amide bonds. The van der Waals surface area contributed by atoms with Gasteiger partial charge < -0.3 is 15.7 Å². The Labute approximate surface area is 231 Å². The summed E-state index contributed by atoms with van der Waals surface area (Å²) in [7, 11) is -4.18. The van der Waals surface area contributed by atoms with Gasteiger partial charge in [0.15, 0.2) is 0 Å². The molecule has 0 radical (unpaired) electrons. The van der Waals surface area contributed by atoms with E-state index in [0.29, 0.717) is 22.4 Å². The number of amidine groups is 1. The Hall–Kier alpha value is -4.80. The Morgan fingerprint density at radius 1 is 0.950 bits per heavy atom. The van der Waals surface area contributed by atoms with Gasteiger partial charge in [0.25, 0.3) is 0 Å². The Bertz CT molecular complexity index is 1800. The third-order valence-electron chi connectivity index (χ3n) is 6.73. The van der Waals surface area contributed by atoms with E-state index in [4.69, 9.17) is 11.1 Å². The summed E-state index contributed by atoms with van der Waals surface area (Å²) < 4.78 is 29.8. The van der Waals surface area contributed by atoms with Crippen LogP contribution in [0.5, 0.6) is 0 Å². The van der Waals surface area contributed by atoms with Gasteiger partial charge >= 0.3 is 5.97 Å². The van der Waals surface area contributed by atoms with Crippen molar-refractivity contribution in [2.75, 3.05) is 11.4 Å². The van der Waals surface area contributed by atoms with Crippen LogP contribution in [-0.2, 0) is 26.0 Å². The molecular formula is C30H26N4O5S. The zero-order valence-electron chi connectivity index (χ0n) is 21.2. The molecule has 202 valence electrons. The van der Waals surface area contributed by atoms with Gasteiger partial charge in [0, 0.05) is 5.56 Å². The van der Waals surface area contributed by atoms with Crippen LogP contribution in [0.3, 0.4) is 0 Å². The van der Waals surface area contributed by atoms with E-state index in [1.165, 1.54) is 23.1 Å². The number of carbonyl (C=O) groups is 2. The highest BCUT2D eigenvalue weighted by atomic mass is 32.2. The molecule has 4 aromatic carbocycles. The maximum absolute atomic E-state index is 14.1. The summed E-state index contributed by atoms with van der Waals surface area (Å²) in [5, 5.41) is 19.0. The number of hydrogen-bond donors (Lipinski definition) is 4. The number of benzene rings is 4. The van der Waals surface area contributed by atoms with E-state index in [1.54, 1.807) is 60.7 Å². The SMILES string of the molecule is N=C(N)c1cccc(CC(NS(=O)(=O)c2ccc3ccccc3c2)C(=O)N2CC(C(=O)O)=Cc3ccccc32)c1. The number of hydrogen-bond acceptors (Lipinski definition) is 5. The summed E-state index contributed by atoms with van der Waals surface area (Å²) >= 11 is 0. The van der Waals surface area contributed by atoms with Gasteiger partial charge in [0.1, 0.15) is 11.9 Å². The van der Waals surface area contributed by atoms with E-state index in [2.05, 4.69) is 4.72 Å². The first-order valence-electron chi connectivity index (χ1n) is 12.4. The molecule has 1 heterocycles. The number of carboxylic acid groups (broad SMARTS) is 1. The maximum Gasteiger partial charge on any atom is 0.333 e. The van der Waals surface area contributed by atoms with Crippen molar-refractivity contribution in [3.05, 3.63) is 113 Å². The molecule has 1 aliphatic rings. The molecule has 10 heteroatoms. The number of nitrogen functional groups attached to an aromatic ring is 1. The lowest BCUT2D eigenvalue weighted by atomic mass is 9.99. The van der Waals surface area contributed by atoms with Crippen molar-refractivity contribution in [3.8, 4) is 0 Å². The number of aliphatic carboxylic acids is 1. The molecule has 0 saturated heterocycles. The Balaban J connectivity index is 1.55. The first kappa shape index (κ1) is 26.8. The molecule has 5 N–H and O–H groups in total. The predicted molar refractivity (Wildman–Crippen MR) is 154 cm³/mol. The molecule has 1 unspecified atom stereocenters.